The van der Waals surface area contributed by atoms with E-state index in [0.29, 0.717) is 16.5 Å². The van der Waals surface area contributed by atoms with Gasteiger partial charge < -0.3 is 10.4 Å². The number of carboxylic acid groups (broad SMARTS) is 1. The van der Waals surface area contributed by atoms with E-state index in [9.17, 15) is 4.79 Å². The lowest BCUT2D eigenvalue weighted by atomic mass is 10.1. The molecular weight excluding hydrogens is 254 g/mol. The normalized spacial score (nSPS) is 10.1. The first kappa shape index (κ1) is 12.3. The van der Waals surface area contributed by atoms with Gasteiger partial charge >= 0.3 is 5.97 Å². The zero-order chi connectivity index (χ0) is 13.1. The highest BCUT2D eigenvalue weighted by molar-refractivity contribution is 6.29. The van der Waals surface area contributed by atoms with Gasteiger partial charge in [0.15, 0.2) is 11.0 Å². The second-order valence-corrected chi connectivity index (χ2v) is 4.09. The van der Waals surface area contributed by atoms with Crippen LogP contribution in [-0.2, 0) is 0 Å². The van der Waals surface area contributed by atoms with Gasteiger partial charge in [-0.3, -0.25) is 0 Å². The van der Waals surface area contributed by atoms with Gasteiger partial charge in [-0.1, -0.05) is 11.6 Å². The Kier molecular flexibility index (Phi) is 3.43. The van der Waals surface area contributed by atoms with Gasteiger partial charge in [-0.05, 0) is 42.8 Å². The first-order chi connectivity index (χ1) is 8.56. The summed E-state index contributed by atoms with van der Waals surface area (Å²) < 4.78 is 0. The minimum Gasteiger partial charge on any atom is -0.478 e. The molecule has 1 heterocycles. The van der Waals surface area contributed by atoms with Crippen molar-refractivity contribution >= 4 is 29.1 Å². The van der Waals surface area contributed by atoms with Crippen molar-refractivity contribution in [2.45, 2.75) is 6.92 Å². The Morgan fingerprint density at radius 3 is 2.61 bits per heavy atom. The number of carboxylic acids is 1. The SMILES string of the molecule is Cc1cc(Nc2ccc(Cl)nn2)ccc1C(=O)O. The minimum atomic E-state index is -0.940. The molecule has 0 bridgehead atoms. The Hall–Kier alpha value is -2.14. The van der Waals surface area contributed by atoms with Crippen LogP contribution in [0, 0.1) is 6.92 Å². The zero-order valence-electron chi connectivity index (χ0n) is 9.51. The van der Waals surface area contributed by atoms with E-state index < -0.39 is 5.97 Å². The number of carbonyl (C=O) groups is 1. The molecule has 0 aliphatic carbocycles. The topological polar surface area (TPSA) is 75.1 Å². The molecule has 0 spiro atoms. The number of nitrogens with zero attached hydrogens (tertiary/aromatic N) is 2. The Morgan fingerprint density at radius 2 is 2.06 bits per heavy atom. The van der Waals surface area contributed by atoms with Crippen LogP contribution in [0.15, 0.2) is 30.3 Å². The molecule has 6 heteroatoms. The standard InChI is InChI=1S/C12H10ClN3O2/c1-7-6-8(2-3-9(7)12(17)18)14-11-5-4-10(13)15-16-11/h2-6H,1H3,(H,14,16)(H,17,18). The number of halogens is 1. The highest BCUT2D eigenvalue weighted by Crippen LogP contribution is 2.19. The van der Waals surface area contributed by atoms with Crippen LogP contribution in [0.2, 0.25) is 5.15 Å². The van der Waals surface area contributed by atoms with Gasteiger partial charge in [0.1, 0.15) is 0 Å². The van der Waals surface area contributed by atoms with E-state index in [2.05, 4.69) is 15.5 Å². The van der Waals surface area contributed by atoms with Gasteiger partial charge in [0, 0.05) is 5.69 Å². The maximum atomic E-state index is 10.9. The average molecular weight is 264 g/mol. The molecule has 0 atom stereocenters. The predicted octanol–water partition coefficient (Wildman–Crippen LogP) is 2.88. The molecule has 0 amide bonds. The van der Waals surface area contributed by atoms with E-state index >= 15 is 0 Å². The summed E-state index contributed by atoms with van der Waals surface area (Å²) in [5.41, 5.74) is 1.70. The van der Waals surface area contributed by atoms with E-state index in [1.54, 1.807) is 37.3 Å². The molecule has 2 aromatic rings. The van der Waals surface area contributed by atoms with Crippen molar-refractivity contribution in [1.29, 1.82) is 0 Å². The molecule has 2 rings (SSSR count). The highest BCUT2D eigenvalue weighted by atomic mass is 35.5. The third kappa shape index (κ3) is 2.75. The number of nitrogens with one attached hydrogen (secondary N) is 1. The molecule has 1 aromatic carbocycles. The van der Waals surface area contributed by atoms with E-state index in [1.165, 1.54) is 0 Å². The van der Waals surface area contributed by atoms with Crippen molar-refractivity contribution in [3.8, 4) is 0 Å². The summed E-state index contributed by atoms with van der Waals surface area (Å²) in [4.78, 5) is 10.9. The largest absolute Gasteiger partial charge is 0.478 e. The first-order valence-corrected chi connectivity index (χ1v) is 5.54. The lowest BCUT2D eigenvalue weighted by Gasteiger charge is -2.07. The fraction of sp³-hybridized carbons (Fsp3) is 0.0833. The van der Waals surface area contributed by atoms with E-state index in [0.717, 1.165) is 5.69 Å². The lowest BCUT2D eigenvalue weighted by Crippen LogP contribution is -2.01. The second-order valence-electron chi connectivity index (χ2n) is 3.70. The predicted molar refractivity (Wildman–Crippen MR) is 68.5 cm³/mol. The van der Waals surface area contributed by atoms with Crippen LogP contribution in [0.4, 0.5) is 11.5 Å². The molecule has 2 N–H and O–H groups in total. The van der Waals surface area contributed by atoms with Gasteiger partial charge in [-0.25, -0.2) is 4.79 Å². The number of hydrogen-bond acceptors (Lipinski definition) is 4. The molecule has 0 radical (unpaired) electrons. The summed E-state index contributed by atoms with van der Waals surface area (Å²) in [5, 5.41) is 19.8. The van der Waals surface area contributed by atoms with Crippen LogP contribution < -0.4 is 5.32 Å². The number of hydrogen-bond donors (Lipinski definition) is 2. The average Bonchev–Trinajstić information content (AvgIpc) is 2.32. The summed E-state index contributed by atoms with van der Waals surface area (Å²) in [7, 11) is 0. The van der Waals surface area contributed by atoms with E-state index in [-0.39, 0.29) is 5.56 Å². The fourth-order valence-electron chi connectivity index (χ4n) is 1.51. The molecule has 0 aliphatic rings. The van der Waals surface area contributed by atoms with Gasteiger partial charge in [0.2, 0.25) is 0 Å². The number of anilines is 2. The summed E-state index contributed by atoms with van der Waals surface area (Å²) in [6, 6.07) is 8.26. The summed E-state index contributed by atoms with van der Waals surface area (Å²) >= 11 is 5.63. The summed E-state index contributed by atoms with van der Waals surface area (Å²) in [5.74, 6) is -0.396. The molecule has 0 unspecified atom stereocenters. The monoisotopic (exact) mass is 263 g/mol. The Bertz CT molecular complexity index is 584. The fourth-order valence-corrected chi connectivity index (χ4v) is 1.61. The van der Waals surface area contributed by atoms with Crippen molar-refractivity contribution < 1.29 is 9.90 Å². The van der Waals surface area contributed by atoms with E-state index in [1.807, 2.05) is 0 Å². The van der Waals surface area contributed by atoms with Crippen molar-refractivity contribution in [2.75, 3.05) is 5.32 Å². The van der Waals surface area contributed by atoms with Crippen molar-refractivity contribution in [1.82, 2.24) is 10.2 Å². The van der Waals surface area contributed by atoms with Crippen LogP contribution >= 0.6 is 11.6 Å². The lowest BCUT2D eigenvalue weighted by molar-refractivity contribution is 0.0696. The van der Waals surface area contributed by atoms with Crippen molar-refractivity contribution in [3.63, 3.8) is 0 Å². The Labute approximate surface area is 108 Å². The van der Waals surface area contributed by atoms with Gasteiger partial charge in [0.05, 0.1) is 5.56 Å². The Balaban J connectivity index is 2.22. The Morgan fingerprint density at radius 1 is 1.28 bits per heavy atom. The van der Waals surface area contributed by atoms with E-state index in [4.69, 9.17) is 16.7 Å². The first-order valence-electron chi connectivity index (χ1n) is 5.16. The van der Waals surface area contributed by atoms with Crippen LogP contribution in [0.1, 0.15) is 15.9 Å². The summed E-state index contributed by atoms with van der Waals surface area (Å²) in [6.07, 6.45) is 0. The van der Waals surface area contributed by atoms with Crippen molar-refractivity contribution in [2.24, 2.45) is 0 Å². The van der Waals surface area contributed by atoms with Crippen LogP contribution in [-0.4, -0.2) is 21.3 Å². The number of benzene rings is 1. The quantitative estimate of drug-likeness (QED) is 0.891. The third-order valence-electron chi connectivity index (χ3n) is 2.36. The molecule has 0 saturated carbocycles. The smallest absolute Gasteiger partial charge is 0.335 e. The molecule has 0 aliphatic heterocycles. The molecule has 92 valence electrons. The van der Waals surface area contributed by atoms with Gasteiger partial charge in [-0.15, -0.1) is 10.2 Å². The zero-order valence-corrected chi connectivity index (χ0v) is 10.3. The van der Waals surface area contributed by atoms with Crippen molar-refractivity contribution in [3.05, 3.63) is 46.6 Å². The molecule has 5 nitrogen and oxygen atoms in total. The van der Waals surface area contributed by atoms with Crippen LogP contribution in [0.5, 0.6) is 0 Å². The molecule has 0 saturated heterocycles. The summed E-state index contributed by atoms with van der Waals surface area (Å²) in [6.45, 7) is 1.74. The van der Waals surface area contributed by atoms with Gasteiger partial charge in [-0.2, -0.15) is 0 Å². The molecular formula is C12H10ClN3O2. The van der Waals surface area contributed by atoms with Crippen LogP contribution in [0.3, 0.4) is 0 Å². The number of aromatic carboxylic acids is 1. The molecule has 1 aromatic heterocycles. The number of aromatic nitrogens is 2. The molecule has 0 fully saturated rings. The minimum absolute atomic E-state index is 0.280. The number of rotatable bonds is 3. The molecule has 18 heavy (non-hydrogen) atoms. The number of aryl methyl sites for hydroxylation is 1. The van der Waals surface area contributed by atoms with Gasteiger partial charge in [0.25, 0.3) is 0 Å². The maximum absolute atomic E-state index is 10.9. The maximum Gasteiger partial charge on any atom is 0.335 e. The van der Waals surface area contributed by atoms with Crippen LogP contribution in [0.25, 0.3) is 0 Å². The third-order valence-corrected chi connectivity index (χ3v) is 2.56. The second kappa shape index (κ2) is 5.01. The highest BCUT2D eigenvalue weighted by Gasteiger charge is 2.07.